The van der Waals surface area contributed by atoms with Crippen LogP contribution in [0.2, 0.25) is 0 Å². The van der Waals surface area contributed by atoms with Crippen molar-refractivity contribution in [2.24, 2.45) is 0 Å². The first-order valence-corrected chi connectivity index (χ1v) is 7.86. The zero-order valence-electron chi connectivity index (χ0n) is 13.9. The molecule has 0 aliphatic heterocycles. The average molecular weight is 306 g/mol. The normalized spacial score (nSPS) is 16.2. The van der Waals surface area contributed by atoms with Gasteiger partial charge in [-0.15, -0.1) is 0 Å². The molecule has 0 saturated heterocycles. The van der Waals surface area contributed by atoms with Gasteiger partial charge in [0.2, 0.25) is 0 Å². The number of carbonyl (C=O) groups is 1. The van der Waals surface area contributed by atoms with Crippen molar-refractivity contribution in [3.8, 4) is 0 Å². The van der Waals surface area contributed by atoms with Gasteiger partial charge in [0.05, 0.1) is 5.69 Å². The standard InChI is InChI=1S/C16H26N4O2/c1-12(14-11-17-7-8-19-14)18-9-10-20(13-5-6-13)15(21)22-16(2,3)4/h7-8,11-13,18H,5-6,9-10H2,1-4H3. The summed E-state index contributed by atoms with van der Waals surface area (Å²) in [4.78, 5) is 22.4. The summed E-state index contributed by atoms with van der Waals surface area (Å²) >= 11 is 0. The van der Waals surface area contributed by atoms with Gasteiger partial charge in [-0.05, 0) is 40.5 Å². The van der Waals surface area contributed by atoms with Crippen molar-refractivity contribution in [3.63, 3.8) is 0 Å². The number of hydrogen-bond donors (Lipinski definition) is 1. The van der Waals surface area contributed by atoms with E-state index in [1.807, 2.05) is 32.6 Å². The number of ether oxygens (including phenoxy) is 1. The molecule has 6 nitrogen and oxygen atoms in total. The minimum atomic E-state index is -0.454. The van der Waals surface area contributed by atoms with Gasteiger partial charge in [-0.3, -0.25) is 9.97 Å². The maximum Gasteiger partial charge on any atom is 0.410 e. The minimum Gasteiger partial charge on any atom is -0.444 e. The quantitative estimate of drug-likeness (QED) is 0.874. The molecule has 1 amide bonds. The fraction of sp³-hybridized carbons (Fsp3) is 0.688. The molecule has 1 aliphatic carbocycles. The molecule has 1 aliphatic rings. The third kappa shape index (κ3) is 5.26. The van der Waals surface area contributed by atoms with E-state index in [1.165, 1.54) is 0 Å². The van der Waals surface area contributed by atoms with Crippen LogP contribution in [-0.2, 0) is 4.74 Å². The Kier molecular flexibility index (Phi) is 5.34. The molecule has 6 heteroatoms. The minimum absolute atomic E-state index is 0.105. The van der Waals surface area contributed by atoms with Crippen LogP contribution in [0.5, 0.6) is 0 Å². The van der Waals surface area contributed by atoms with Crippen molar-refractivity contribution in [2.45, 2.75) is 58.2 Å². The van der Waals surface area contributed by atoms with Gasteiger partial charge in [0.25, 0.3) is 0 Å². The van der Waals surface area contributed by atoms with Crippen LogP contribution in [0.25, 0.3) is 0 Å². The molecule has 1 saturated carbocycles. The van der Waals surface area contributed by atoms with E-state index in [0.717, 1.165) is 18.5 Å². The lowest BCUT2D eigenvalue weighted by Crippen LogP contribution is -2.42. The Balaban J connectivity index is 1.81. The first-order chi connectivity index (χ1) is 10.4. The van der Waals surface area contributed by atoms with Gasteiger partial charge in [-0.25, -0.2) is 4.79 Å². The first-order valence-electron chi connectivity index (χ1n) is 7.86. The first kappa shape index (κ1) is 16.7. The molecule has 1 N–H and O–H groups in total. The lowest BCUT2D eigenvalue weighted by Gasteiger charge is -2.28. The fourth-order valence-corrected chi connectivity index (χ4v) is 2.17. The van der Waals surface area contributed by atoms with Gasteiger partial charge in [-0.2, -0.15) is 0 Å². The summed E-state index contributed by atoms with van der Waals surface area (Å²) in [5.41, 5.74) is 0.447. The zero-order chi connectivity index (χ0) is 16.2. The molecule has 1 unspecified atom stereocenters. The van der Waals surface area contributed by atoms with Crippen LogP contribution < -0.4 is 5.32 Å². The smallest absolute Gasteiger partial charge is 0.410 e. The van der Waals surface area contributed by atoms with E-state index in [1.54, 1.807) is 18.6 Å². The molecule has 22 heavy (non-hydrogen) atoms. The van der Waals surface area contributed by atoms with Crippen LogP contribution in [0.15, 0.2) is 18.6 Å². The molecule has 0 aromatic carbocycles. The fourth-order valence-electron chi connectivity index (χ4n) is 2.17. The molecule has 1 fully saturated rings. The van der Waals surface area contributed by atoms with Crippen molar-refractivity contribution in [1.82, 2.24) is 20.2 Å². The van der Waals surface area contributed by atoms with E-state index >= 15 is 0 Å². The van der Waals surface area contributed by atoms with Gasteiger partial charge < -0.3 is 15.0 Å². The molecular weight excluding hydrogens is 280 g/mol. The van der Waals surface area contributed by atoms with Gasteiger partial charge in [-0.1, -0.05) is 0 Å². The summed E-state index contributed by atoms with van der Waals surface area (Å²) in [6.07, 6.45) is 7.02. The van der Waals surface area contributed by atoms with E-state index in [9.17, 15) is 4.79 Å². The van der Waals surface area contributed by atoms with E-state index in [0.29, 0.717) is 19.1 Å². The molecule has 2 rings (SSSR count). The molecular formula is C16H26N4O2. The second-order valence-corrected chi connectivity index (χ2v) is 6.71. The summed E-state index contributed by atoms with van der Waals surface area (Å²) in [6, 6.07) is 0.442. The lowest BCUT2D eigenvalue weighted by molar-refractivity contribution is 0.0235. The van der Waals surface area contributed by atoms with E-state index in [2.05, 4.69) is 15.3 Å². The van der Waals surface area contributed by atoms with Crippen molar-refractivity contribution >= 4 is 6.09 Å². The van der Waals surface area contributed by atoms with Crippen molar-refractivity contribution in [1.29, 1.82) is 0 Å². The predicted molar refractivity (Wildman–Crippen MR) is 84.4 cm³/mol. The maximum atomic E-state index is 12.2. The molecule has 1 aromatic rings. The molecule has 1 aromatic heterocycles. The van der Waals surface area contributed by atoms with Gasteiger partial charge in [0, 0.05) is 43.8 Å². The summed E-state index contributed by atoms with van der Waals surface area (Å²) in [5, 5.41) is 3.38. The number of aromatic nitrogens is 2. The largest absolute Gasteiger partial charge is 0.444 e. The summed E-state index contributed by atoms with van der Waals surface area (Å²) in [5.74, 6) is 0. The number of rotatable bonds is 6. The van der Waals surface area contributed by atoms with Crippen molar-refractivity contribution < 1.29 is 9.53 Å². The second kappa shape index (κ2) is 7.05. The molecule has 1 atom stereocenters. The summed E-state index contributed by atoms with van der Waals surface area (Å²) in [6.45, 7) is 9.07. The Labute approximate surface area is 132 Å². The van der Waals surface area contributed by atoms with Gasteiger partial charge in [0.15, 0.2) is 0 Å². The Bertz CT molecular complexity index is 483. The van der Waals surface area contributed by atoms with Crippen LogP contribution in [0.3, 0.4) is 0 Å². The van der Waals surface area contributed by atoms with Crippen LogP contribution in [0.4, 0.5) is 4.79 Å². The highest BCUT2D eigenvalue weighted by Gasteiger charge is 2.34. The molecule has 0 spiro atoms. The number of carbonyl (C=O) groups excluding carboxylic acids is 1. The maximum absolute atomic E-state index is 12.2. The topological polar surface area (TPSA) is 67.4 Å². The highest BCUT2D eigenvalue weighted by atomic mass is 16.6. The Morgan fingerprint density at radius 2 is 2.18 bits per heavy atom. The highest BCUT2D eigenvalue weighted by Crippen LogP contribution is 2.28. The molecule has 1 heterocycles. The summed E-state index contributed by atoms with van der Waals surface area (Å²) in [7, 11) is 0. The van der Waals surface area contributed by atoms with Crippen LogP contribution in [0.1, 0.15) is 52.3 Å². The number of nitrogens with zero attached hydrogens (tertiary/aromatic N) is 3. The van der Waals surface area contributed by atoms with Crippen molar-refractivity contribution in [3.05, 3.63) is 24.3 Å². The van der Waals surface area contributed by atoms with E-state index in [4.69, 9.17) is 4.74 Å². The lowest BCUT2D eigenvalue weighted by atomic mass is 10.2. The third-order valence-electron chi connectivity index (χ3n) is 3.45. The Hall–Kier alpha value is -1.69. The SMILES string of the molecule is CC(NCCN(C(=O)OC(C)(C)C)C1CC1)c1cnccn1. The monoisotopic (exact) mass is 306 g/mol. The third-order valence-corrected chi connectivity index (χ3v) is 3.45. The highest BCUT2D eigenvalue weighted by molar-refractivity contribution is 5.69. The molecule has 0 radical (unpaired) electrons. The number of nitrogens with one attached hydrogen (secondary N) is 1. The Morgan fingerprint density at radius 3 is 2.73 bits per heavy atom. The van der Waals surface area contributed by atoms with E-state index < -0.39 is 5.60 Å². The van der Waals surface area contributed by atoms with Gasteiger partial charge in [0.1, 0.15) is 5.60 Å². The predicted octanol–water partition coefficient (Wildman–Crippen LogP) is 2.53. The summed E-state index contributed by atoms with van der Waals surface area (Å²) < 4.78 is 5.48. The van der Waals surface area contributed by atoms with Crippen LogP contribution in [0, 0.1) is 0 Å². The second-order valence-electron chi connectivity index (χ2n) is 6.71. The molecule has 122 valence electrons. The Morgan fingerprint density at radius 1 is 1.45 bits per heavy atom. The van der Waals surface area contributed by atoms with Gasteiger partial charge >= 0.3 is 6.09 Å². The molecule has 0 bridgehead atoms. The average Bonchev–Trinajstić information content (AvgIpc) is 3.26. The zero-order valence-corrected chi connectivity index (χ0v) is 13.9. The van der Waals surface area contributed by atoms with E-state index in [-0.39, 0.29) is 12.1 Å². The van der Waals surface area contributed by atoms with Crippen LogP contribution in [-0.4, -0.2) is 45.7 Å². The number of hydrogen-bond acceptors (Lipinski definition) is 5. The number of amides is 1. The van der Waals surface area contributed by atoms with Crippen LogP contribution >= 0.6 is 0 Å². The van der Waals surface area contributed by atoms with Crippen molar-refractivity contribution in [2.75, 3.05) is 13.1 Å².